The summed E-state index contributed by atoms with van der Waals surface area (Å²) in [6, 6.07) is 13.3. The Morgan fingerprint density at radius 2 is 2.21 bits per heavy atom. The van der Waals surface area contributed by atoms with E-state index >= 15 is 0 Å². The second-order valence-corrected chi connectivity index (χ2v) is 4.27. The molecule has 0 spiro atoms. The topological polar surface area (TPSA) is 71.9 Å². The SMILES string of the molecule is C[C@@H](N)c1cccc(OCc2cccnc2C#N)c1. The van der Waals surface area contributed by atoms with E-state index in [0.29, 0.717) is 12.3 Å². The molecule has 0 aliphatic carbocycles. The first-order valence-corrected chi connectivity index (χ1v) is 6.03. The summed E-state index contributed by atoms with van der Waals surface area (Å²) in [6.45, 7) is 2.24. The van der Waals surface area contributed by atoms with E-state index in [-0.39, 0.29) is 6.04 Å². The van der Waals surface area contributed by atoms with Crippen molar-refractivity contribution in [2.75, 3.05) is 0 Å². The Morgan fingerprint density at radius 1 is 1.37 bits per heavy atom. The maximum Gasteiger partial charge on any atom is 0.147 e. The van der Waals surface area contributed by atoms with Crippen LogP contribution in [0, 0.1) is 11.3 Å². The lowest BCUT2D eigenvalue weighted by Gasteiger charge is -2.10. The molecule has 0 aliphatic heterocycles. The number of hydrogen-bond donors (Lipinski definition) is 1. The zero-order valence-electron chi connectivity index (χ0n) is 10.7. The summed E-state index contributed by atoms with van der Waals surface area (Å²) in [6.07, 6.45) is 1.60. The summed E-state index contributed by atoms with van der Waals surface area (Å²) in [7, 11) is 0. The smallest absolute Gasteiger partial charge is 0.147 e. The largest absolute Gasteiger partial charge is 0.489 e. The summed E-state index contributed by atoms with van der Waals surface area (Å²) in [4.78, 5) is 3.99. The molecule has 0 fully saturated rings. The van der Waals surface area contributed by atoms with Crippen LogP contribution in [0.2, 0.25) is 0 Å². The molecule has 0 radical (unpaired) electrons. The van der Waals surface area contributed by atoms with Gasteiger partial charge in [-0.05, 0) is 30.7 Å². The van der Waals surface area contributed by atoms with Gasteiger partial charge < -0.3 is 10.5 Å². The third-order valence-electron chi connectivity index (χ3n) is 2.78. The van der Waals surface area contributed by atoms with Gasteiger partial charge in [0.1, 0.15) is 24.1 Å². The van der Waals surface area contributed by atoms with E-state index in [1.807, 2.05) is 37.3 Å². The van der Waals surface area contributed by atoms with Gasteiger partial charge in [0.15, 0.2) is 0 Å². The molecule has 0 amide bonds. The van der Waals surface area contributed by atoms with Crippen LogP contribution in [-0.2, 0) is 6.61 Å². The maximum atomic E-state index is 8.95. The van der Waals surface area contributed by atoms with E-state index in [1.165, 1.54) is 0 Å². The summed E-state index contributed by atoms with van der Waals surface area (Å²) in [5, 5.41) is 8.95. The van der Waals surface area contributed by atoms with Crippen molar-refractivity contribution in [2.24, 2.45) is 5.73 Å². The molecule has 2 aromatic rings. The average molecular weight is 253 g/mol. The van der Waals surface area contributed by atoms with Crippen LogP contribution in [0.1, 0.15) is 29.8 Å². The Bertz CT molecular complexity index is 602. The maximum absolute atomic E-state index is 8.95. The van der Waals surface area contributed by atoms with Gasteiger partial charge in [-0.3, -0.25) is 0 Å². The number of pyridine rings is 1. The van der Waals surface area contributed by atoms with Crippen molar-refractivity contribution in [1.82, 2.24) is 4.98 Å². The molecule has 0 bridgehead atoms. The van der Waals surface area contributed by atoms with Gasteiger partial charge in [0.05, 0.1) is 0 Å². The minimum atomic E-state index is -0.0309. The highest BCUT2D eigenvalue weighted by Gasteiger charge is 2.05. The predicted molar refractivity (Wildman–Crippen MR) is 72.3 cm³/mol. The summed E-state index contributed by atoms with van der Waals surface area (Å²) >= 11 is 0. The van der Waals surface area contributed by atoms with Gasteiger partial charge in [0.2, 0.25) is 0 Å². The molecule has 2 rings (SSSR count). The van der Waals surface area contributed by atoms with Gasteiger partial charge in [0, 0.05) is 17.8 Å². The quantitative estimate of drug-likeness (QED) is 0.908. The monoisotopic (exact) mass is 253 g/mol. The predicted octanol–water partition coefficient (Wildman–Crippen LogP) is 2.55. The van der Waals surface area contributed by atoms with Crippen molar-refractivity contribution < 1.29 is 4.74 Å². The van der Waals surface area contributed by atoms with E-state index in [9.17, 15) is 0 Å². The van der Waals surface area contributed by atoms with Gasteiger partial charge >= 0.3 is 0 Å². The molecule has 1 aromatic carbocycles. The first kappa shape index (κ1) is 13.1. The lowest BCUT2D eigenvalue weighted by atomic mass is 10.1. The van der Waals surface area contributed by atoms with Gasteiger partial charge in [-0.1, -0.05) is 18.2 Å². The molecule has 4 heteroatoms. The normalized spacial score (nSPS) is 11.6. The molecule has 96 valence electrons. The summed E-state index contributed by atoms with van der Waals surface area (Å²) in [5.41, 5.74) is 8.01. The molecular formula is C15H15N3O. The molecule has 1 atom stereocenters. The molecule has 4 nitrogen and oxygen atoms in total. The molecule has 19 heavy (non-hydrogen) atoms. The van der Waals surface area contributed by atoms with Gasteiger partial charge in [0.25, 0.3) is 0 Å². The lowest BCUT2D eigenvalue weighted by molar-refractivity contribution is 0.305. The van der Waals surface area contributed by atoms with Crippen molar-refractivity contribution in [1.29, 1.82) is 5.26 Å². The fraction of sp³-hybridized carbons (Fsp3) is 0.200. The van der Waals surface area contributed by atoms with Crippen molar-refractivity contribution in [3.05, 3.63) is 59.4 Å². The summed E-state index contributed by atoms with van der Waals surface area (Å²) in [5.74, 6) is 0.738. The molecule has 0 saturated carbocycles. The molecule has 0 saturated heterocycles. The Balaban J connectivity index is 2.11. The van der Waals surface area contributed by atoms with Crippen molar-refractivity contribution in [3.63, 3.8) is 0 Å². The lowest BCUT2D eigenvalue weighted by Crippen LogP contribution is -2.05. The highest BCUT2D eigenvalue weighted by molar-refractivity contribution is 5.32. The highest BCUT2D eigenvalue weighted by atomic mass is 16.5. The van der Waals surface area contributed by atoms with E-state index in [4.69, 9.17) is 15.7 Å². The fourth-order valence-electron chi connectivity index (χ4n) is 1.70. The Hall–Kier alpha value is -2.38. The van der Waals surface area contributed by atoms with Gasteiger partial charge in [-0.15, -0.1) is 0 Å². The molecule has 0 aliphatic rings. The number of nitrogens with two attached hydrogens (primary N) is 1. The van der Waals surface area contributed by atoms with E-state index in [1.54, 1.807) is 12.3 Å². The second kappa shape index (κ2) is 5.98. The second-order valence-electron chi connectivity index (χ2n) is 4.27. The van der Waals surface area contributed by atoms with Crippen molar-refractivity contribution >= 4 is 0 Å². The zero-order chi connectivity index (χ0) is 13.7. The number of ether oxygens (including phenoxy) is 1. The number of hydrogen-bond acceptors (Lipinski definition) is 4. The minimum Gasteiger partial charge on any atom is -0.489 e. The standard InChI is InChI=1S/C15H15N3O/c1-11(17)12-4-2-6-14(8-12)19-10-13-5-3-7-18-15(13)9-16/h2-8,11H,10,17H2,1H3/t11-/m1/s1. The average Bonchev–Trinajstić information content (AvgIpc) is 2.45. The molecule has 2 N–H and O–H groups in total. The van der Waals surface area contributed by atoms with Crippen molar-refractivity contribution in [2.45, 2.75) is 19.6 Å². The minimum absolute atomic E-state index is 0.0309. The van der Waals surface area contributed by atoms with Crippen LogP contribution < -0.4 is 10.5 Å². The number of aromatic nitrogens is 1. The zero-order valence-corrected chi connectivity index (χ0v) is 10.7. The Labute approximate surface area is 112 Å². The van der Waals surface area contributed by atoms with E-state index < -0.39 is 0 Å². The third kappa shape index (κ3) is 3.30. The van der Waals surface area contributed by atoms with Crippen LogP contribution >= 0.6 is 0 Å². The number of nitriles is 1. The van der Waals surface area contributed by atoms with Crippen LogP contribution in [0.4, 0.5) is 0 Å². The number of rotatable bonds is 4. The first-order valence-electron chi connectivity index (χ1n) is 6.03. The van der Waals surface area contributed by atoms with E-state index in [2.05, 4.69) is 11.1 Å². The van der Waals surface area contributed by atoms with E-state index in [0.717, 1.165) is 16.9 Å². The Kier molecular flexibility index (Phi) is 4.11. The van der Waals surface area contributed by atoms with Crippen LogP contribution in [0.25, 0.3) is 0 Å². The third-order valence-corrected chi connectivity index (χ3v) is 2.78. The van der Waals surface area contributed by atoms with Crippen molar-refractivity contribution in [3.8, 4) is 11.8 Å². The first-order chi connectivity index (χ1) is 9.20. The highest BCUT2D eigenvalue weighted by Crippen LogP contribution is 2.19. The number of nitrogens with zero attached hydrogens (tertiary/aromatic N) is 2. The van der Waals surface area contributed by atoms with Crippen LogP contribution in [-0.4, -0.2) is 4.98 Å². The fourth-order valence-corrected chi connectivity index (χ4v) is 1.70. The van der Waals surface area contributed by atoms with Crippen LogP contribution in [0.5, 0.6) is 5.75 Å². The molecule has 1 heterocycles. The summed E-state index contributed by atoms with van der Waals surface area (Å²) < 4.78 is 5.68. The van der Waals surface area contributed by atoms with Crippen LogP contribution in [0.15, 0.2) is 42.6 Å². The Morgan fingerprint density at radius 3 is 2.95 bits per heavy atom. The van der Waals surface area contributed by atoms with Gasteiger partial charge in [-0.2, -0.15) is 5.26 Å². The molecule has 0 unspecified atom stereocenters. The molecule has 1 aromatic heterocycles. The number of benzene rings is 1. The van der Waals surface area contributed by atoms with Crippen LogP contribution in [0.3, 0.4) is 0 Å². The molecular weight excluding hydrogens is 238 g/mol. The van der Waals surface area contributed by atoms with Gasteiger partial charge in [-0.25, -0.2) is 4.98 Å².